The summed E-state index contributed by atoms with van der Waals surface area (Å²) < 4.78 is 1.66. The van der Waals surface area contributed by atoms with Gasteiger partial charge in [0, 0.05) is 25.3 Å². The number of aromatic nitrogens is 3. The molecule has 7 heteroatoms. The Morgan fingerprint density at radius 3 is 2.23 bits per heavy atom. The van der Waals surface area contributed by atoms with Crippen molar-refractivity contribution in [1.29, 1.82) is 0 Å². The maximum Gasteiger partial charge on any atom is 0.311 e. The molecule has 0 saturated carbocycles. The molecular formula is C24H22N6O. The number of hydrazone groups is 1. The maximum absolute atomic E-state index is 12.6. The molecule has 0 atom stereocenters. The van der Waals surface area contributed by atoms with Crippen molar-refractivity contribution >= 4 is 17.8 Å². The molecule has 4 rings (SSSR count). The highest BCUT2D eigenvalue weighted by molar-refractivity contribution is 5.92. The van der Waals surface area contributed by atoms with Gasteiger partial charge in [0.15, 0.2) is 5.82 Å². The van der Waals surface area contributed by atoms with Crippen LogP contribution in [-0.2, 0) is 0 Å². The van der Waals surface area contributed by atoms with Gasteiger partial charge in [-0.25, -0.2) is 15.1 Å². The number of para-hydroxylation sites is 1. The van der Waals surface area contributed by atoms with Gasteiger partial charge in [0.25, 0.3) is 0 Å². The summed E-state index contributed by atoms with van der Waals surface area (Å²) >= 11 is 0. The van der Waals surface area contributed by atoms with Gasteiger partial charge in [0.05, 0.1) is 11.9 Å². The molecule has 3 aromatic carbocycles. The first-order chi connectivity index (χ1) is 15.1. The minimum Gasteiger partial charge on any atom is -0.378 e. The lowest BCUT2D eigenvalue weighted by Gasteiger charge is -2.11. The van der Waals surface area contributed by atoms with Crippen LogP contribution in [0.4, 0.5) is 5.69 Å². The van der Waals surface area contributed by atoms with E-state index in [0.29, 0.717) is 5.82 Å². The van der Waals surface area contributed by atoms with Gasteiger partial charge in [-0.1, -0.05) is 60.7 Å². The Balaban J connectivity index is 1.56. The third-order valence-corrected chi connectivity index (χ3v) is 4.63. The fraction of sp³-hybridized carbons (Fsp3) is 0.0833. The minimum absolute atomic E-state index is 0.0443. The van der Waals surface area contributed by atoms with Crippen LogP contribution in [0.25, 0.3) is 17.1 Å². The van der Waals surface area contributed by atoms with E-state index in [1.165, 1.54) is 0 Å². The summed E-state index contributed by atoms with van der Waals surface area (Å²) in [5.41, 5.74) is 6.15. The van der Waals surface area contributed by atoms with E-state index in [1.807, 2.05) is 104 Å². The van der Waals surface area contributed by atoms with E-state index in [4.69, 9.17) is 0 Å². The molecule has 0 spiro atoms. The lowest BCUT2D eigenvalue weighted by Crippen LogP contribution is -2.19. The number of hydrogen-bond donors (Lipinski definition) is 1. The van der Waals surface area contributed by atoms with Crippen LogP contribution < -0.4 is 10.3 Å². The Labute approximate surface area is 180 Å². The third kappa shape index (κ3) is 4.67. The molecule has 0 fully saturated rings. The number of amides is 1. The van der Waals surface area contributed by atoms with Gasteiger partial charge in [-0.3, -0.25) is 4.79 Å². The van der Waals surface area contributed by atoms with E-state index < -0.39 is 5.91 Å². The van der Waals surface area contributed by atoms with E-state index in [2.05, 4.69) is 20.6 Å². The van der Waals surface area contributed by atoms with Crippen molar-refractivity contribution in [3.8, 4) is 17.1 Å². The first-order valence-corrected chi connectivity index (χ1v) is 9.80. The molecule has 31 heavy (non-hydrogen) atoms. The number of nitrogens with zero attached hydrogens (tertiary/aromatic N) is 5. The molecule has 0 aliphatic rings. The molecule has 0 unspecified atom stereocenters. The molecular weight excluding hydrogens is 388 g/mol. The van der Waals surface area contributed by atoms with Crippen LogP contribution >= 0.6 is 0 Å². The topological polar surface area (TPSA) is 75.4 Å². The van der Waals surface area contributed by atoms with Gasteiger partial charge in [-0.15, -0.1) is 5.10 Å². The highest BCUT2D eigenvalue weighted by Crippen LogP contribution is 2.21. The fourth-order valence-corrected chi connectivity index (χ4v) is 3.01. The fourth-order valence-electron chi connectivity index (χ4n) is 3.01. The third-order valence-electron chi connectivity index (χ3n) is 4.63. The number of carbonyl (C=O) groups is 1. The Morgan fingerprint density at radius 2 is 1.58 bits per heavy atom. The largest absolute Gasteiger partial charge is 0.378 e. The highest BCUT2D eigenvalue weighted by atomic mass is 16.2. The zero-order chi connectivity index (χ0) is 21.6. The smallest absolute Gasteiger partial charge is 0.311 e. The van der Waals surface area contributed by atoms with Crippen LogP contribution in [0.1, 0.15) is 16.2 Å². The molecule has 7 nitrogen and oxygen atoms in total. The van der Waals surface area contributed by atoms with Crippen molar-refractivity contribution in [3.63, 3.8) is 0 Å². The molecule has 1 N–H and O–H groups in total. The monoisotopic (exact) mass is 410 g/mol. The normalized spacial score (nSPS) is 10.9. The number of nitrogens with one attached hydrogen (secondary N) is 1. The van der Waals surface area contributed by atoms with Crippen LogP contribution in [0.5, 0.6) is 0 Å². The van der Waals surface area contributed by atoms with Crippen molar-refractivity contribution in [2.24, 2.45) is 5.10 Å². The Bertz CT molecular complexity index is 1120. The van der Waals surface area contributed by atoms with E-state index in [-0.39, 0.29) is 5.82 Å². The standard InChI is InChI=1S/C24H22N6O/c1-29(2)20-15-13-18(14-16-20)17-25-27-24(31)22-26-23(19-9-5-3-6-10-19)30(28-22)21-11-7-4-8-12-21/h3-17H,1-2H3,(H,27,31)/b25-17-. The zero-order valence-electron chi connectivity index (χ0n) is 17.3. The van der Waals surface area contributed by atoms with Gasteiger partial charge >= 0.3 is 5.91 Å². The Morgan fingerprint density at radius 1 is 0.935 bits per heavy atom. The lowest BCUT2D eigenvalue weighted by atomic mass is 10.2. The summed E-state index contributed by atoms with van der Waals surface area (Å²) in [7, 11) is 3.96. The second-order valence-corrected chi connectivity index (χ2v) is 7.06. The summed E-state index contributed by atoms with van der Waals surface area (Å²) in [6.45, 7) is 0. The van der Waals surface area contributed by atoms with Gasteiger partial charge in [-0.2, -0.15) is 5.10 Å². The Kier molecular flexibility index (Phi) is 5.84. The van der Waals surface area contributed by atoms with Gasteiger partial charge in [0.2, 0.25) is 5.82 Å². The van der Waals surface area contributed by atoms with Crippen molar-refractivity contribution in [3.05, 3.63) is 96.3 Å². The summed E-state index contributed by atoms with van der Waals surface area (Å²) in [6, 6.07) is 27.1. The average molecular weight is 410 g/mol. The average Bonchev–Trinajstić information content (AvgIpc) is 3.26. The van der Waals surface area contributed by atoms with E-state index in [9.17, 15) is 4.79 Å². The zero-order valence-corrected chi connectivity index (χ0v) is 17.3. The van der Waals surface area contributed by atoms with E-state index in [1.54, 1.807) is 10.9 Å². The maximum atomic E-state index is 12.6. The summed E-state index contributed by atoms with van der Waals surface area (Å²) in [5, 5.41) is 8.48. The molecule has 4 aromatic rings. The van der Waals surface area contributed by atoms with Crippen molar-refractivity contribution in [2.75, 3.05) is 19.0 Å². The molecule has 0 aliphatic heterocycles. The first kappa shape index (κ1) is 20.0. The molecule has 154 valence electrons. The second kappa shape index (κ2) is 9.04. The number of carbonyl (C=O) groups excluding carboxylic acids is 1. The lowest BCUT2D eigenvalue weighted by molar-refractivity contribution is 0.0945. The molecule has 1 amide bonds. The molecule has 1 aromatic heterocycles. The minimum atomic E-state index is -0.479. The number of hydrogen-bond acceptors (Lipinski definition) is 5. The van der Waals surface area contributed by atoms with E-state index >= 15 is 0 Å². The summed E-state index contributed by atoms with van der Waals surface area (Å²) in [6.07, 6.45) is 1.59. The predicted molar refractivity (Wildman–Crippen MR) is 123 cm³/mol. The van der Waals surface area contributed by atoms with Crippen LogP contribution in [0.15, 0.2) is 90.0 Å². The molecule has 0 radical (unpaired) electrons. The van der Waals surface area contributed by atoms with Crippen LogP contribution in [0, 0.1) is 0 Å². The van der Waals surface area contributed by atoms with Crippen molar-refractivity contribution in [2.45, 2.75) is 0 Å². The van der Waals surface area contributed by atoms with Gasteiger partial charge in [0.1, 0.15) is 0 Å². The van der Waals surface area contributed by atoms with Crippen LogP contribution in [0.3, 0.4) is 0 Å². The molecule has 0 bridgehead atoms. The van der Waals surface area contributed by atoms with E-state index in [0.717, 1.165) is 22.5 Å². The number of rotatable bonds is 6. The number of anilines is 1. The first-order valence-electron chi connectivity index (χ1n) is 9.80. The molecule has 0 aliphatic carbocycles. The predicted octanol–water partition coefficient (Wildman–Crippen LogP) is 3.76. The van der Waals surface area contributed by atoms with Gasteiger partial charge in [-0.05, 0) is 29.8 Å². The summed E-state index contributed by atoms with van der Waals surface area (Å²) in [5.74, 6) is 0.149. The SMILES string of the molecule is CN(C)c1ccc(/C=N\NC(=O)c2nc(-c3ccccc3)n(-c3ccccc3)n2)cc1. The second-order valence-electron chi connectivity index (χ2n) is 7.06. The Hall–Kier alpha value is -4.26. The quantitative estimate of drug-likeness (QED) is 0.388. The summed E-state index contributed by atoms with van der Waals surface area (Å²) in [4.78, 5) is 19.1. The van der Waals surface area contributed by atoms with Crippen LogP contribution in [-0.4, -0.2) is 41.0 Å². The number of benzene rings is 3. The van der Waals surface area contributed by atoms with Crippen molar-refractivity contribution < 1.29 is 4.79 Å². The highest BCUT2D eigenvalue weighted by Gasteiger charge is 2.18. The van der Waals surface area contributed by atoms with Gasteiger partial charge < -0.3 is 4.90 Å². The molecule has 1 heterocycles. The molecule has 0 saturated heterocycles. The van der Waals surface area contributed by atoms with Crippen molar-refractivity contribution in [1.82, 2.24) is 20.2 Å². The van der Waals surface area contributed by atoms with Crippen LogP contribution in [0.2, 0.25) is 0 Å².